The third-order valence-electron chi connectivity index (χ3n) is 2.04. The van der Waals surface area contributed by atoms with Crippen molar-refractivity contribution in [3.63, 3.8) is 0 Å². The van der Waals surface area contributed by atoms with E-state index in [1.165, 1.54) is 5.32 Å². The minimum Gasteiger partial charge on any atom is -0.492 e. The van der Waals surface area contributed by atoms with Crippen molar-refractivity contribution in [3.8, 4) is 5.75 Å². The maximum Gasteiger partial charge on any atom is 0.463 e. The van der Waals surface area contributed by atoms with Gasteiger partial charge < -0.3 is 10.1 Å². The normalized spacial score (nSPS) is 12.1. The summed E-state index contributed by atoms with van der Waals surface area (Å²) in [6.07, 6.45) is -5.91. The Hall–Kier alpha value is -1.86. The van der Waals surface area contributed by atoms with Gasteiger partial charge in [-0.05, 0) is 12.1 Å². The highest BCUT2D eigenvalue weighted by Gasteiger charge is 2.63. The van der Waals surface area contributed by atoms with Gasteiger partial charge in [0.15, 0.2) is 0 Å². The van der Waals surface area contributed by atoms with Crippen LogP contribution in [0.3, 0.4) is 0 Å². The number of hydrogen-bond acceptors (Lipinski definition) is 2. The largest absolute Gasteiger partial charge is 0.492 e. The summed E-state index contributed by atoms with van der Waals surface area (Å²) in [6, 6.07) is 8.19. The van der Waals surface area contributed by atoms with Gasteiger partial charge in [-0.1, -0.05) is 18.2 Å². The molecule has 1 aromatic rings. The number of para-hydroxylation sites is 1. The van der Waals surface area contributed by atoms with Crippen molar-refractivity contribution in [2.24, 2.45) is 0 Å². The van der Waals surface area contributed by atoms with Gasteiger partial charge in [0.2, 0.25) is 0 Å². The van der Waals surface area contributed by atoms with E-state index in [2.05, 4.69) is 0 Å². The van der Waals surface area contributed by atoms with E-state index in [0.717, 1.165) is 0 Å². The molecule has 0 saturated carbocycles. The number of ether oxygens (including phenoxy) is 1. The first kappa shape index (κ1) is 15.2. The highest BCUT2D eigenvalue weighted by Crippen LogP contribution is 2.35. The number of rotatable bonds is 5. The van der Waals surface area contributed by atoms with Gasteiger partial charge in [0.05, 0.1) is 6.54 Å². The Morgan fingerprint density at radius 3 is 2.21 bits per heavy atom. The predicted octanol–water partition coefficient (Wildman–Crippen LogP) is 2.38. The maximum atomic E-state index is 12.5. The van der Waals surface area contributed by atoms with Crippen LogP contribution >= 0.6 is 0 Å². The molecule has 0 heterocycles. The summed E-state index contributed by atoms with van der Waals surface area (Å²) in [4.78, 5) is 10.7. The molecule has 1 N–H and O–H groups in total. The molecular formula is C11H10F5NO2. The number of hydrogen-bond donors (Lipinski definition) is 1. The third kappa shape index (κ3) is 4.08. The molecule has 0 atom stereocenters. The van der Waals surface area contributed by atoms with E-state index in [9.17, 15) is 26.7 Å². The monoisotopic (exact) mass is 283 g/mol. The topological polar surface area (TPSA) is 38.3 Å². The van der Waals surface area contributed by atoms with Gasteiger partial charge in [0, 0.05) is 0 Å². The molecule has 0 aliphatic heterocycles. The zero-order valence-electron chi connectivity index (χ0n) is 9.51. The maximum absolute atomic E-state index is 12.5. The summed E-state index contributed by atoms with van der Waals surface area (Å²) in [5.74, 6) is -7.38. The van der Waals surface area contributed by atoms with Crippen molar-refractivity contribution < 1.29 is 31.5 Å². The Morgan fingerprint density at radius 1 is 1.11 bits per heavy atom. The van der Waals surface area contributed by atoms with Gasteiger partial charge in [-0.3, -0.25) is 4.79 Å². The molecular weight excluding hydrogens is 273 g/mol. The van der Waals surface area contributed by atoms with Crippen LogP contribution in [0.2, 0.25) is 0 Å². The van der Waals surface area contributed by atoms with Gasteiger partial charge in [-0.2, -0.15) is 22.0 Å². The number of alkyl halides is 5. The molecule has 0 fully saturated rings. The van der Waals surface area contributed by atoms with E-state index in [1.807, 2.05) is 0 Å². The Morgan fingerprint density at radius 2 is 1.68 bits per heavy atom. The van der Waals surface area contributed by atoms with Crippen LogP contribution in [-0.2, 0) is 4.79 Å². The molecule has 0 aliphatic rings. The molecule has 0 bridgehead atoms. The van der Waals surface area contributed by atoms with Gasteiger partial charge >= 0.3 is 12.1 Å². The molecule has 106 valence electrons. The van der Waals surface area contributed by atoms with Crippen LogP contribution in [0.5, 0.6) is 5.75 Å². The van der Waals surface area contributed by atoms with E-state index in [0.29, 0.717) is 5.75 Å². The lowest BCUT2D eigenvalue weighted by atomic mass is 10.3. The second-order valence-corrected chi connectivity index (χ2v) is 3.49. The molecule has 8 heteroatoms. The van der Waals surface area contributed by atoms with Crippen LogP contribution in [0.25, 0.3) is 0 Å². The van der Waals surface area contributed by atoms with E-state index in [4.69, 9.17) is 4.74 Å². The molecule has 0 spiro atoms. The quantitative estimate of drug-likeness (QED) is 0.665. The summed E-state index contributed by atoms with van der Waals surface area (Å²) < 4.78 is 65.5. The number of halogens is 5. The summed E-state index contributed by atoms with van der Waals surface area (Å²) >= 11 is 0. The number of nitrogens with one attached hydrogen (secondary N) is 1. The first-order valence-corrected chi connectivity index (χ1v) is 5.16. The fraction of sp³-hybridized carbons (Fsp3) is 0.364. The van der Waals surface area contributed by atoms with Crippen LogP contribution in [0.1, 0.15) is 0 Å². The first-order chi connectivity index (χ1) is 8.75. The Balaban J connectivity index is 2.36. The third-order valence-corrected chi connectivity index (χ3v) is 2.04. The van der Waals surface area contributed by atoms with Crippen molar-refractivity contribution in [3.05, 3.63) is 30.3 Å². The van der Waals surface area contributed by atoms with E-state index < -0.39 is 24.6 Å². The molecule has 1 amide bonds. The average Bonchev–Trinajstić information content (AvgIpc) is 2.34. The van der Waals surface area contributed by atoms with Crippen molar-refractivity contribution in [1.29, 1.82) is 0 Å². The van der Waals surface area contributed by atoms with Crippen LogP contribution in [0, 0.1) is 0 Å². The van der Waals surface area contributed by atoms with Crippen LogP contribution in [-0.4, -0.2) is 31.2 Å². The zero-order valence-corrected chi connectivity index (χ0v) is 9.51. The SMILES string of the molecule is O=C(NCCOc1ccccc1)C(F)(F)C(F)(F)F. The van der Waals surface area contributed by atoms with Crippen molar-refractivity contribution in [2.75, 3.05) is 13.2 Å². The minimum atomic E-state index is -5.91. The Bertz CT molecular complexity index is 419. The number of amides is 1. The standard InChI is InChI=1S/C11H10F5NO2/c12-10(13,11(14,15)16)9(18)17-6-7-19-8-4-2-1-3-5-8/h1-5H,6-7H2,(H,17,18). The minimum absolute atomic E-state index is 0.219. The summed E-state index contributed by atoms with van der Waals surface area (Å²) in [5.41, 5.74) is 0. The summed E-state index contributed by atoms with van der Waals surface area (Å²) in [5, 5.41) is 1.47. The lowest BCUT2D eigenvalue weighted by Crippen LogP contribution is -2.51. The highest BCUT2D eigenvalue weighted by molar-refractivity contribution is 5.84. The molecule has 0 aliphatic carbocycles. The Kier molecular flexibility index (Phi) is 4.68. The van der Waals surface area contributed by atoms with Gasteiger partial charge in [0.1, 0.15) is 12.4 Å². The molecule has 3 nitrogen and oxygen atoms in total. The van der Waals surface area contributed by atoms with Gasteiger partial charge in [-0.15, -0.1) is 0 Å². The second kappa shape index (κ2) is 5.85. The number of carbonyl (C=O) groups is 1. The van der Waals surface area contributed by atoms with E-state index in [1.54, 1.807) is 30.3 Å². The van der Waals surface area contributed by atoms with Crippen LogP contribution in [0.4, 0.5) is 22.0 Å². The number of carbonyl (C=O) groups excluding carboxylic acids is 1. The van der Waals surface area contributed by atoms with Crippen molar-refractivity contribution in [2.45, 2.75) is 12.1 Å². The summed E-state index contributed by atoms with van der Waals surface area (Å²) in [6.45, 7) is -0.677. The predicted molar refractivity (Wildman–Crippen MR) is 55.9 cm³/mol. The van der Waals surface area contributed by atoms with Crippen molar-refractivity contribution in [1.82, 2.24) is 5.32 Å². The molecule has 0 saturated heterocycles. The molecule has 0 radical (unpaired) electrons. The van der Waals surface area contributed by atoms with E-state index in [-0.39, 0.29) is 6.61 Å². The Labute approximate surface area is 105 Å². The van der Waals surface area contributed by atoms with Crippen LogP contribution < -0.4 is 10.1 Å². The smallest absolute Gasteiger partial charge is 0.463 e. The van der Waals surface area contributed by atoms with Crippen molar-refractivity contribution >= 4 is 5.91 Å². The molecule has 1 rings (SSSR count). The first-order valence-electron chi connectivity index (χ1n) is 5.16. The molecule has 0 unspecified atom stereocenters. The van der Waals surface area contributed by atoms with Gasteiger partial charge in [-0.25, -0.2) is 0 Å². The van der Waals surface area contributed by atoms with E-state index >= 15 is 0 Å². The fourth-order valence-electron chi connectivity index (χ4n) is 1.09. The molecule has 0 aromatic heterocycles. The lowest BCUT2D eigenvalue weighted by Gasteiger charge is -2.18. The number of benzene rings is 1. The highest BCUT2D eigenvalue weighted by atomic mass is 19.4. The molecule has 1 aromatic carbocycles. The molecule has 19 heavy (non-hydrogen) atoms. The fourth-order valence-corrected chi connectivity index (χ4v) is 1.09. The summed E-state index contributed by atoms with van der Waals surface area (Å²) in [7, 11) is 0. The average molecular weight is 283 g/mol. The lowest BCUT2D eigenvalue weighted by molar-refractivity contribution is -0.269. The van der Waals surface area contributed by atoms with Gasteiger partial charge in [0.25, 0.3) is 5.91 Å². The van der Waals surface area contributed by atoms with Crippen LogP contribution in [0.15, 0.2) is 30.3 Å². The second-order valence-electron chi connectivity index (χ2n) is 3.49. The zero-order chi connectivity index (χ0) is 14.5.